The molecule has 4 nitrogen and oxygen atoms in total. The van der Waals surface area contributed by atoms with Crippen LogP contribution in [0.25, 0.3) is 0 Å². The minimum atomic E-state index is -0.431. The van der Waals surface area contributed by atoms with Crippen LogP contribution in [0, 0.1) is 18.3 Å². The SMILES string of the molecule is CCN(C(=O)C12CC1C2)C(C)C(=O)Nc1ccc(C)cc1. The number of carbonyl (C=O) groups excluding carboxylic acids is 2. The van der Waals surface area contributed by atoms with Gasteiger partial charge in [-0.15, -0.1) is 0 Å². The number of carbonyl (C=O) groups is 2. The maximum absolute atomic E-state index is 12.5. The summed E-state index contributed by atoms with van der Waals surface area (Å²) in [4.78, 5) is 26.6. The number of nitrogens with zero attached hydrogens (tertiary/aromatic N) is 1. The maximum atomic E-state index is 12.5. The monoisotopic (exact) mass is 286 g/mol. The molecular weight excluding hydrogens is 264 g/mol. The van der Waals surface area contributed by atoms with Crippen molar-refractivity contribution in [2.24, 2.45) is 11.3 Å². The molecule has 1 unspecified atom stereocenters. The molecule has 1 atom stereocenters. The fraction of sp³-hybridized carbons (Fsp3) is 0.529. The van der Waals surface area contributed by atoms with Crippen LogP contribution in [0.15, 0.2) is 24.3 Å². The first-order chi connectivity index (χ1) is 9.98. The lowest BCUT2D eigenvalue weighted by Crippen LogP contribution is -2.47. The second kappa shape index (κ2) is 4.86. The van der Waals surface area contributed by atoms with Gasteiger partial charge in [0, 0.05) is 12.2 Å². The van der Waals surface area contributed by atoms with Crippen molar-refractivity contribution < 1.29 is 9.59 Å². The standard InChI is InChI=1S/C17H22N2O2/c1-4-19(16(21)17-9-13(17)10-17)12(3)15(20)18-14-7-5-11(2)6-8-14/h5-8,12-13H,4,9-10H2,1-3H3,(H,18,20). The van der Waals surface area contributed by atoms with Crippen molar-refractivity contribution in [3.8, 4) is 0 Å². The second-order valence-electron chi connectivity index (χ2n) is 6.38. The van der Waals surface area contributed by atoms with Gasteiger partial charge in [-0.25, -0.2) is 0 Å². The maximum Gasteiger partial charge on any atom is 0.246 e. The van der Waals surface area contributed by atoms with E-state index in [1.165, 1.54) is 0 Å². The number of likely N-dealkylation sites (N-methyl/N-ethyl adjacent to an activating group) is 1. The number of benzene rings is 1. The predicted octanol–water partition coefficient (Wildman–Crippen LogP) is 2.58. The van der Waals surface area contributed by atoms with Gasteiger partial charge in [0.2, 0.25) is 11.8 Å². The van der Waals surface area contributed by atoms with E-state index in [9.17, 15) is 9.59 Å². The van der Waals surface area contributed by atoms with Crippen LogP contribution in [-0.2, 0) is 9.59 Å². The molecule has 112 valence electrons. The second-order valence-corrected chi connectivity index (χ2v) is 6.38. The summed E-state index contributed by atoms with van der Waals surface area (Å²) in [5.74, 6) is 0.649. The molecule has 2 saturated carbocycles. The minimum absolute atomic E-state index is 0.0750. The van der Waals surface area contributed by atoms with E-state index in [1.54, 1.807) is 11.8 Å². The molecule has 0 aromatic heterocycles. The third kappa shape index (κ3) is 2.43. The Morgan fingerprint density at radius 1 is 1.33 bits per heavy atom. The number of hydrogen-bond acceptors (Lipinski definition) is 2. The summed E-state index contributed by atoms with van der Waals surface area (Å²) in [6.45, 7) is 6.33. The summed E-state index contributed by atoms with van der Waals surface area (Å²) in [6.07, 6.45) is 2.04. The molecule has 1 aromatic carbocycles. The summed E-state index contributed by atoms with van der Waals surface area (Å²) in [7, 11) is 0. The molecule has 0 radical (unpaired) electrons. The van der Waals surface area contributed by atoms with Crippen LogP contribution in [0.1, 0.15) is 32.3 Å². The molecule has 2 aliphatic rings. The molecule has 4 heteroatoms. The summed E-state index contributed by atoms with van der Waals surface area (Å²) in [6, 6.07) is 7.26. The van der Waals surface area contributed by atoms with Gasteiger partial charge in [-0.1, -0.05) is 17.7 Å². The van der Waals surface area contributed by atoms with E-state index in [1.807, 2.05) is 38.1 Å². The molecule has 0 heterocycles. The number of aryl methyl sites for hydroxylation is 1. The Bertz CT molecular complexity index is 573. The highest BCUT2D eigenvalue weighted by Gasteiger charge is 2.75. The molecule has 0 spiro atoms. The normalized spacial score (nSPS) is 26.5. The van der Waals surface area contributed by atoms with Crippen molar-refractivity contribution >= 4 is 17.5 Å². The molecule has 2 amide bonds. The number of anilines is 1. The van der Waals surface area contributed by atoms with Crippen LogP contribution in [0.4, 0.5) is 5.69 Å². The van der Waals surface area contributed by atoms with Crippen LogP contribution < -0.4 is 5.32 Å². The summed E-state index contributed by atoms with van der Waals surface area (Å²) >= 11 is 0. The molecule has 0 saturated heterocycles. The van der Waals surface area contributed by atoms with E-state index < -0.39 is 6.04 Å². The molecule has 0 bridgehead atoms. The Morgan fingerprint density at radius 3 is 2.38 bits per heavy atom. The van der Waals surface area contributed by atoms with Gasteiger partial charge in [0.1, 0.15) is 6.04 Å². The first-order valence-corrected chi connectivity index (χ1v) is 7.66. The summed E-state index contributed by atoms with van der Waals surface area (Å²) in [5.41, 5.74) is 1.85. The van der Waals surface area contributed by atoms with Crippen molar-refractivity contribution in [3.05, 3.63) is 29.8 Å². The number of nitrogens with one attached hydrogen (secondary N) is 1. The van der Waals surface area contributed by atoms with Crippen LogP contribution >= 0.6 is 0 Å². The Kier molecular flexibility index (Phi) is 3.27. The van der Waals surface area contributed by atoms with Crippen LogP contribution in [-0.4, -0.2) is 29.3 Å². The van der Waals surface area contributed by atoms with E-state index in [2.05, 4.69) is 5.32 Å². The Balaban J connectivity index is 1.65. The van der Waals surface area contributed by atoms with Crippen molar-refractivity contribution in [2.45, 2.75) is 39.7 Å². The van der Waals surface area contributed by atoms with E-state index in [-0.39, 0.29) is 17.2 Å². The lowest BCUT2D eigenvalue weighted by molar-refractivity contribution is -0.140. The molecule has 21 heavy (non-hydrogen) atoms. The van der Waals surface area contributed by atoms with Crippen LogP contribution in [0.3, 0.4) is 0 Å². The molecule has 2 aliphatic carbocycles. The first kappa shape index (κ1) is 14.1. The van der Waals surface area contributed by atoms with Gasteiger partial charge >= 0.3 is 0 Å². The fourth-order valence-electron chi connectivity index (χ4n) is 2.96. The molecule has 1 N–H and O–H groups in total. The van der Waals surface area contributed by atoms with Gasteiger partial charge in [0.05, 0.1) is 5.41 Å². The first-order valence-electron chi connectivity index (χ1n) is 7.66. The number of fused-ring (bicyclic) bond motifs is 1. The average molecular weight is 286 g/mol. The molecule has 1 aromatic rings. The van der Waals surface area contributed by atoms with Gasteiger partial charge in [0.25, 0.3) is 0 Å². The largest absolute Gasteiger partial charge is 0.331 e. The van der Waals surface area contributed by atoms with E-state index in [0.29, 0.717) is 12.5 Å². The van der Waals surface area contributed by atoms with Gasteiger partial charge in [-0.05, 0) is 51.7 Å². The Morgan fingerprint density at radius 2 is 1.90 bits per heavy atom. The lowest BCUT2D eigenvalue weighted by atomic mass is 10.1. The van der Waals surface area contributed by atoms with E-state index >= 15 is 0 Å². The Labute approximate surface area is 125 Å². The molecule has 3 rings (SSSR count). The van der Waals surface area contributed by atoms with Crippen LogP contribution in [0.5, 0.6) is 0 Å². The van der Waals surface area contributed by atoms with Crippen molar-refractivity contribution in [3.63, 3.8) is 0 Å². The summed E-state index contributed by atoms with van der Waals surface area (Å²) in [5, 5.41) is 2.89. The molecular formula is C17H22N2O2. The predicted molar refractivity (Wildman–Crippen MR) is 81.8 cm³/mol. The zero-order valence-corrected chi connectivity index (χ0v) is 12.8. The minimum Gasteiger partial charge on any atom is -0.331 e. The third-order valence-corrected chi connectivity index (χ3v) is 4.88. The highest BCUT2D eigenvalue weighted by Crippen LogP contribution is 2.76. The summed E-state index contributed by atoms with van der Waals surface area (Å²) < 4.78 is 0. The van der Waals surface area contributed by atoms with Gasteiger partial charge in [0.15, 0.2) is 0 Å². The smallest absolute Gasteiger partial charge is 0.246 e. The average Bonchev–Trinajstić information content (AvgIpc) is 3.31. The lowest BCUT2D eigenvalue weighted by Gasteiger charge is -2.28. The Hall–Kier alpha value is -1.84. The van der Waals surface area contributed by atoms with Gasteiger partial charge in [-0.2, -0.15) is 0 Å². The van der Waals surface area contributed by atoms with Gasteiger partial charge in [-0.3, -0.25) is 9.59 Å². The van der Waals surface area contributed by atoms with Crippen LogP contribution in [0.2, 0.25) is 0 Å². The highest BCUT2D eigenvalue weighted by atomic mass is 16.2. The zero-order valence-electron chi connectivity index (χ0n) is 12.8. The molecule has 2 fully saturated rings. The van der Waals surface area contributed by atoms with E-state index in [0.717, 1.165) is 24.1 Å². The number of amides is 2. The third-order valence-electron chi connectivity index (χ3n) is 4.88. The fourth-order valence-corrected chi connectivity index (χ4v) is 2.96. The molecule has 0 aliphatic heterocycles. The van der Waals surface area contributed by atoms with Crippen molar-refractivity contribution in [1.29, 1.82) is 0 Å². The zero-order chi connectivity index (χ0) is 15.2. The van der Waals surface area contributed by atoms with Gasteiger partial charge < -0.3 is 10.2 Å². The van der Waals surface area contributed by atoms with E-state index in [4.69, 9.17) is 0 Å². The quantitative estimate of drug-likeness (QED) is 0.904. The highest BCUT2D eigenvalue weighted by molar-refractivity contribution is 5.99. The number of rotatable bonds is 5. The number of hydrogen-bond donors (Lipinski definition) is 1. The van der Waals surface area contributed by atoms with Crippen molar-refractivity contribution in [1.82, 2.24) is 4.90 Å². The van der Waals surface area contributed by atoms with Crippen molar-refractivity contribution in [2.75, 3.05) is 11.9 Å². The topological polar surface area (TPSA) is 49.4 Å².